The van der Waals surface area contributed by atoms with Crippen molar-refractivity contribution in [2.45, 2.75) is 4.90 Å². The maximum atomic E-state index is 12.5. The molecule has 0 amide bonds. The molecule has 0 aliphatic heterocycles. The van der Waals surface area contributed by atoms with Gasteiger partial charge in [-0.05, 0) is 28.1 Å². The first-order chi connectivity index (χ1) is 9.51. The van der Waals surface area contributed by atoms with Gasteiger partial charge in [0.25, 0.3) is 10.0 Å². The van der Waals surface area contributed by atoms with E-state index in [0.29, 0.717) is 5.39 Å². The molecule has 0 fully saturated rings. The van der Waals surface area contributed by atoms with E-state index in [2.05, 4.69) is 31.0 Å². The van der Waals surface area contributed by atoms with Crippen LogP contribution in [0.15, 0.2) is 46.2 Å². The van der Waals surface area contributed by atoms with Crippen LogP contribution >= 0.6 is 27.5 Å². The fourth-order valence-corrected chi connectivity index (χ4v) is 3.93. The van der Waals surface area contributed by atoms with Crippen molar-refractivity contribution >= 4 is 48.6 Å². The van der Waals surface area contributed by atoms with Crippen molar-refractivity contribution in [1.82, 2.24) is 19.2 Å². The van der Waals surface area contributed by atoms with Crippen LogP contribution in [0.5, 0.6) is 0 Å². The molecular formula is C11H6BrClN4O2S. The van der Waals surface area contributed by atoms with Crippen molar-refractivity contribution in [2.24, 2.45) is 0 Å². The molecule has 0 bridgehead atoms. The molecule has 0 aliphatic rings. The zero-order chi connectivity index (χ0) is 14.3. The number of aromatic nitrogens is 4. The SMILES string of the molecule is O=S(=O)(c1ccccc1)n1nc(Br)c2c(Cl)ncnc21. The number of halogens is 2. The van der Waals surface area contributed by atoms with Crippen LogP contribution in [0, 0.1) is 0 Å². The van der Waals surface area contributed by atoms with Crippen molar-refractivity contribution < 1.29 is 8.42 Å². The second-order valence-corrected chi connectivity index (χ2v) is 6.69. The zero-order valence-corrected chi connectivity index (χ0v) is 12.9. The first-order valence-electron chi connectivity index (χ1n) is 5.37. The molecule has 102 valence electrons. The quantitative estimate of drug-likeness (QED) is 0.645. The minimum absolute atomic E-state index is 0.117. The third-order valence-electron chi connectivity index (χ3n) is 2.62. The summed E-state index contributed by atoms with van der Waals surface area (Å²) in [5, 5.41) is 4.45. The van der Waals surface area contributed by atoms with E-state index in [1.807, 2.05) is 0 Å². The predicted octanol–water partition coefficient (Wildman–Crippen LogP) is 2.48. The summed E-state index contributed by atoms with van der Waals surface area (Å²) >= 11 is 9.12. The van der Waals surface area contributed by atoms with Crippen molar-refractivity contribution in [3.8, 4) is 0 Å². The van der Waals surface area contributed by atoms with Crippen molar-refractivity contribution in [3.63, 3.8) is 0 Å². The van der Waals surface area contributed by atoms with Gasteiger partial charge in [0.2, 0.25) is 0 Å². The Morgan fingerprint density at radius 2 is 1.85 bits per heavy atom. The molecule has 0 spiro atoms. The summed E-state index contributed by atoms with van der Waals surface area (Å²) in [7, 11) is -3.83. The smallest absolute Gasteiger partial charge is 0.224 e. The fraction of sp³-hybridized carbons (Fsp3) is 0. The normalized spacial score (nSPS) is 11.9. The standard InChI is InChI=1S/C11H6BrClN4O2S/c12-9-8-10(13)14-6-15-11(8)17(16-9)20(18,19)7-4-2-1-3-5-7/h1-6H. The lowest BCUT2D eigenvalue weighted by atomic mass is 10.4. The van der Waals surface area contributed by atoms with E-state index >= 15 is 0 Å². The second-order valence-electron chi connectivity index (χ2n) is 3.81. The zero-order valence-electron chi connectivity index (χ0n) is 9.73. The minimum atomic E-state index is -3.83. The Bertz CT molecular complexity index is 895. The lowest BCUT2D eigenvalue weighted by Gasteiger charge is -2.04. The van der Waals surface area contributed by atoms with Crippen LogP contribution in [0.25, 0.3) is 11.0 Å². The highest BCUT2D eigenvalue weighted by atomic mass is 79.9. The number of benzene rings is 1. The molecule has 20 heavy (non-hydrogen) atoms. The van der Waals surface area contributed by atoms with Crippen LogP contribution in [0.4, 0.5) is 0 Å². The van der Waals surface area contributed by atoms with E-state index in [1.54, 1.807) is 18.2 Å². The molecule has 0 unspecified atom stereocenters. The van der Waals surface area contributed by atoms with Crippen molar-refractivity contribution in [3.05, 3.63) is 46.4 Å². The van der Waals surface area contributed by atoms with Gasteiger partial charge in [0.1, 0.15) is 16.1 Å². The van der Waals surface area contributed by atoms with Gasteiger partial charge in [0.05, 0.1) is 10.3 Å². The van der Waals surface area contributed by atoms with Gasteiger partial charge in [0, 0.05) is 0 Å². The Morgan fingerprint density at radius 1 is 1.15 bits per heavy atom. The van der Waals surface area contributed by atoms with Gasteiger partial charge in [-0.25, -0.2) is 9.97 Å². The highest BCUT2D eigenvalue weighted by Crippen LogP contribution is 2.29. The lowest BCUT2D eigenvalue weighted by Crippen LogP contribution is -2.15. The Morgan fingerprint density at radius 3 is 2.55 bits per heavy atom. The van der Waals surface area contributed by atoms with Gasteiger partial charge in [-0.2, -0.15) is 8.42 Å². The molecule has 6 nitrogen and oxygen atoms in total. The number of hydrogen-bond acceptors (Lipinski definition) is 5. The maximum absolute atomic E-state index is 12.5. The molecular weight excluding hydrogens is 368 g/mol. The lowest BCUT2D eigenvalue weighted by molar-refractivity contribution is 0.581. The maximum Gasteiger partial charge on any atom is 0.284 e. The molecule has 1 aromatic carbocycles. The molecule has 0 saturated carbocycles. The highest BCUT2D eigenvalue weighted by Gasteiger charge is 2.24. The summed E-state index contributed by atoms with van der Waals surface area (Å²) < 4.78 is 26.2. The van der Waals surface area contributed by atoms with E-state index < -0.39 is 10.0 Å². The Kier molecular flexibility index (Phi) is 3.23. The second kappa shape index (κ2) is 4.80. The van der Waals surface area contributed by atoms with E-state index in [9.17, 15) is 8.42 Å². The van der Waals surface area contributed by atoms with Gasteiger partial charge in [-0.1, -0.05) is 29.8 Å². The molecule has 0 N–H and O–H groups in total. The first-order valence-corrected chi connectivity index (χ1v) is 7.98. The molecule has 2 aromatic heterocycles. The topological polar surface area (TPSA) is 77.7 Å². The Balaban J connectivity index is 2.34. The van der Waals surface area contributed by atoms with Crippen molar-refractivity contribution in [1.29, 1.82) is 0 Å². The van der Waals surface area contributed by atoms with Gasteiger partial charge >= 0.3 is 0 Å². The molecule has 9 heteroatoms. The molecule has 3 rings (SSSR count). The number of fused-ring (bicyclic) bond motifs is 1. The average Bonchev–Trinajstić information content (AvgIpc) is 2.79. The van der Waals surface area contributed by atoms with Crippen molar-refractivity contribution in [2.75, 3.05) is 0 Å². The third-order valence-corrected chi connectivity index (χ3v) is 5.04. The minimum Gasteiger partial charge on any atom is -0.224 e. The van der Waals surface area contributed by atoms with Crippen LogP contribution in [-0.4, -0.2) is 27.6 Å². The predicted molar refractivity (Wildman–Crippen MR) is 77.1 cm³/mol. The molecule has 0 aliphatic carbocycles. The van der Waals surface area contributed by atoms with Crippen LogP contribution in [0.2, 0.25) is 5.15 Å². The molecule has 0 atom stereocenters. The largest absolute Gasteiger partial charge is 0.284 e. The molecule has 3 aromatic rings. The van der Waals surface area contributed by atoms with Gasteiger partial charge < -0.3 is 0 Å². The molecule has 0 radical (unpaired) electrons. The third kappa shape index (κ3) is 2.00. The highest BCUT2D eigenvalue weighted by molar-refractivity contribution is 9.10. The summed E-state index contributed by atoms with van der Waals surface area (Å²) in [6.45, 7) is 0. The van der Waals surface area contributed by atoms with Gasteiger partial charge in [0.15, 0.2) is 5.65 Å². The van der Waals surface area contributed by atoms with Gasteiger partial charge in [-0.3, -0.25) is 0 Å². The summed E-state index contributed by atoms with van der Waals surface area (Å²) in [5.41, 5.74) is 0.126. The van der Waals surface area contributed by atoms with E-state index in [0.717, 1.165) is 4.09 Å². The summed E-state index contributed by atoms with van der Waals surface area (Å²) in [6.07, 6.45) is 1.19. The van der Waals surface area contributed by atoms with Crippen LogP contribution in [0.3, 0.4) is 0 Å². The summed E-state index contributed by atoms with van der Waals surface area (Å²) in [4.78, 5) is 7.88. The first kappa shape index (κ1) is 13.5. The number of rotatable bonds is 2. The summed E-state index contributed by atoms with van der Waals surface area (Å²) in [5.74, 6) is 0. The van der Waals surface area contributed by atoms with Crippen LogP contribution < -0.4 is 0 Å². The molecule has 0 saturated heterocycles. The van der Waals surface area contributed by atoms with E-state index in [4.69, 9.17) is 11.6 Å². The number of nitrogens with zero attached hydrogens (tertiary/aromatic N) is 4. The molecule has 2 heterocycles. The van der Waals surface area contributed by atoms with E-state index in [-0.39, 0.29) is 20.3 Å². The average molecular weight is 374 g/mol. The number of hydrogen-bond donors (Lipinski definition) is 0. The Labute approximate surface area is 127 Å². The van der Waals surface area contributed by atoms with Crippen LogP contribution in [-0.2, 0) is 10.0 Å². The van der Waals surface area contributed by atoms with Crippen LogP contribution in [0.1, 0.15) is 0 Å². The Hall–Kier alpha value is -1.51. The summed E-state index contributed by atoms with van der Waals surface area (Å²) in [6, 6.07) is 7.97. The fourth-order valence-electron chi connectivity index (χ4n) is 1.71. The monoisotopic (exact) mass is 372 g/mol. The van der Waals surface area contributed by atoms with E-state index in [1.165, 1.54) is 18.5 Å². The van der Waals surface area contributed by atoms with Gasteiger partial charge in [-0.15, -0.1) is 9.19 Å².